The van der Waals surface area contributed by atoms with E-state index in [0.717, 1.165) is 6.07 Å². The molecule has 0 unspecified atom stereocenters. The largest absolute Gasteiger partial charge is 0.415 e. The van der Waals surface area contributed by atoms with Gasteiger partial charge in [-0.3, -0.25) is 9.59 Å². The number of carbonyl (C=O) groups is 2. The van der Waals surface area contributed by atoms with E-state index in [0.29, 0.717) is 38.0 Å². The summed E-state index contributed by atoms with van der Waals surface area (Å²) in [6, 6.07) is 13.1. The molecule has 10 heteroatoms. The molecule has 4 rings (SSSR count). The van der Waals surface area contributed by atoms with Crippen molar-refractivity contribution < 1.29 is 27.2 Å². The number of likely N-dealkylation sites (tertiary alicyclic amines) is 1. The number of nitrogens with zero attached hydrogens (tertiary/aromatic N) is 4. The van der Waals surface area contributed by atoms with Gasteiger partial charge in [0.1, 0.15) is 5.82 Å². The number of rotatable bonds is 7. The third-order valence-electron chi connectivity index (χ3n) is 6.09. The van der Waals surface area contributed by atoms with Crippen LogP contribution < -0.4 is 4.90 Å². The second kappa shape index (κ2) is 10.7. The fourth-order valence-electron chi connectivity index (χ4n) is 4.14. The number of aromatic nitrogens is 2. The van der Waals surface area contributed by atoms with Gasteiger partial charge in [0, 0.05) is 42.2 Å². The summed E-state index contributed by atoms with van der Waals surface area (Å²) in [5.41, 5.74) is 1.04. The molecule has 0 saturated carbocycles. The van der Waals surface area contributed by atoms with Crippen molar-refractivity contribution in [2.24, 2.45) is 5.92 Å². The highest BCUT2D eigenvalue weighted by Crippen LogP contribution is 2.28. The zero-order valence-corrected chi connectivity index (χ0v) is 19.2. The number of hydrogen-bond donors (Lipinski definition) is 0. The fraction of sp³-hybridized carbons (Fsp3) is 0.360. The monoisotopic (exact) mass is 486 g/mol. The lowest BCUT2D eigenvalue weighted by Crippen LogP contribution is -2.44. The highest BCUT2D eigenvalue weighted by molar-refractivity contribution is 5.95. The summed E-state index contributed by atoms with van der Waals surface area (Å²) in [4.78, 5) is 28.8. The first-order chi connectivity index (χ1) is 16.9. The number of benzene rings is 2. The third-order valence-corrected chi connectivity index (χ3v) is 6.09. The Kier molecular flexibility index (Phi) is 7.48. The van der Waals surface area contributed by atoms with Crippen molar-refractivity contribution in [3.63, 3.8) is 0 Å². The Balaban J connectivity index is 1.54. The molecule has 2 aromatic carbocycles. The van der Waals surface area contributed by atoms with E-state index in [9.17, 15) is 18.4 Å². The molecule has 0 bridgehead atoms. The van der Waals surface area contributed by atoms with E-state index >= 15 is 4.39 Å². The van der Waals surface area contributed by atoms with Gasteiger partial charge in [0.25, 0.3) is 5.89 Å². The number of piperidine rings is 1. The molecule has 0 atom stereocenters. The zero-order valence-electron chi connectivity index (χ0n) is 19.2. The van der Waals surface area contributed by atoms with Crippen molar-refractivity contribution in [2.75, 3.05) is 18.0 Å². The summed E-state index contributed by atoms with van der Waals surface area (Å²) in [5.74, 6) is -2.03. The van der Waals surface area contributed by atoms with Crippen LogP contribution in [0.2, 0.25) is 0 Å². The minimum Gasteiger partial charge on any atom is -0.415 e. The Morgan fingerprint density at radius 1 is 1.11 bits per heavy atom. The van der Waals surface area contributed by atoms with Gasteiger partial charge < -0.3 is 14.2 Å². The number of hydrogen-bond acceptors (Lipinski definition) is 5. The van der Waals surface area contributed by atoms with Gasteiger partial charge in [-0.1, -0.05) is 31.2 Å². The molecule has 0 radical (unpaired) electrons. The quantitative estimate of drug-likeness (QED) is 0.470. The molecule has 2 heterocycles. The molecule has 1 aromatic heterocycles. The molecule has 0 spiro atoms. The van der Waals surface area contributed by atoms with Gasteiger partial charge in [-0.25, -0.2) is 4.39 Å². The molecule has 1 aliphatic rings. The number of alkyl halides is 2. The maximum absolute atomic E-state index is 15.0. The van der Waals surface area contributed by atoms with E-state index in [2.05, 4.69) is 10.2 Å². The smallest absolute Gasteiger partial charge is 0.314 e. The summed E-state index contributed by atoms with van der Waals surface area (Å²) in [6.45, 7) is 2.82. The fourth-order valence-corrected chi connectivity index (χ4v) is 4.14. The Labute approximate surface area is 200 Å². The molecule has 0 N–H and O–H groups in total. The van der Waals surface area contributed by atoms with E-state index in [4.69, 9.17) is 4.42 Å². The van der Waals surface area contributed by atoms with Gasteiger partial charge in [-0.05, 0) is 37.1 Å². The van der Waals surface area contributed by atoms with Gasteiger partial charge in [0.2, 0.25) is 17.7 Å². The van der Waals surface area contributed by atoms with E-state index in [1.54, 1.807) is 34.1 Å². The predicted octanol–water partition coefficient (Wildman–Crippen LogP) is 5.00. The van der Waals surface area contributed by atoms with Crippen LogP contribution in [-0.2, 0) is 16.1 Å². The lowest BCUT2D eigenvalue weighted by Gasteiger charge is -2.34. The molecule has 0 aliphatic carbocycles. The Hall–Kier alpha value is -3.69. The van der Waals surface area contributed by atoms with Crippen LogP contribution in [0, 0.1) is 11.7 Å². The van der Waals surface area contributed by atoms with Crippen LogP contribution in [0.15, 0.2) is 52.9 Å². The molecule has 35 heavy (non-hydrogen) atoms. The van der Waals surface area contributed by atoms with Crippen LogP contribution in [-0.4, -0.2) is 40.0 Å². The number of carbonyl (C=O) groups excluding carboxylic acids is 2. The minimum absolute atomic E-state index is 0.0187. The number of para-hydroxylation sites is 1. The van der Waals surface area contributed by atoms with Crippen LogP contribution in [0.4, 0.5) is 18.9 Å². The van der Waals surface area contributed by atoms with E-state index < -0.39 is 18.1 Å². The van der Waals surface area contributed by atoms with Crippen LogP contribution in [0.3, 0.4) is 0 Å². The topological polar surface area (TPSA) is 79.5 Å². The van der Waals surface area contributed by atoms with Crippen LogP contribution in [0.25, 0.3) is 11.5 Å². The zero-order chi connectivity index (χ0) is 24.9. The van der Waals surface area contributed by atoms with Gasteiger partial charge >= 0.3 is 6.43 Å². The van der Waals surface area contributed by atoms with Crippen molar-refractivity contribution in [1.82, 2.24) is 15.1 Å². The lowest BCUT2D eigenvalue weighted by molar-refractivity contribution is -0.134. The first-order valence-electron chi connectivity index (χ1n) is 11.4. The number of anilines is 1. The molecular weight excluding hydrogens is 461 g/mol. The van der Waals surface area contributed by atoms with Crippen LogP contribution in [0.1, 0.15) is 44.1 Å². The van der Waals surface area contributed by atoms with Crippen LogP contribution >= 0.6 is 0 Å². The molecule has 2 amide bonds. The van der Waals surface area contributed by atoms with Gasteiger partial charge in [-0.2, -0.15) is 8.78 Å². The maximum atomic E-state index is 15.0. The highest BCUT2D eigenvalue weighted by Gasteiger charge is 2.31. The molecule has 184 valence electrons. The minimum atomic E-state index is -2.92. The van der Waals surface area contributed by atoms with E-state index in [1.165, 1.54) is 12.1 Å². The molecule has 1 fully saturated rings. The number of halogens is 3. The predicted molar refractivity (Wildman–Crippen MR) is 122 cm³/mol. The first kappa shape index (κ1) is 24.4. The van der Waals surface area contributed by atoms with Gasteiger partial charge in [0.15, 0.2) is 0 Å². The average molecular weight is 486 g/mol. The SMILES string of the molecule is CCC(=O)N1CCC(C(=O)N(Cc2ccc(-c3nnc(C(F)F)o3)cc2F)c2ccccc2)CC1. The Bertz CT molecular complexity index is 1180. The normalized spacial score (nSPS) is 14.4. The van der Waals surface area contributed by atoms with Crippen molar-refractivity contribution >= 4 is 17.5 Å². The Morgan fingerprint density at radius 2 is 1.83 bits per heavy atom. The van der Waals surface area contributed by atoms with Crippen LogP contribution in [0.5, 0.6) is 0 Å². The standard InChI is InChI=1S/C25H25F3N4O3/c1-2-21(33)31-12-10-16(11-13-31)25(34)32(19-6-4-3-5-7-19)15-18-9-8-17(14-20(18)26)23-29-30-24(35-23)22(27)28/h3-9,14,16,22H,2,10-13,15H2,1H3. The lowest BCUT2D eigenvalue weighted by atomic mass is 9.94. The van der Waals surface area contributed by atoms with Gasteiger partial charge in [0.05, 0.1) is 6.54 Å². The van der Waals surface area contributed by atoms with Crippen molar-refractivity contribution in [3.8, 4) is 11.5 Å². The summed E-state index contributed by atoms with van der Waals surface area (Å²) < 4.78 is 45.4. The second-order valence-corrected chi connectivity index (χ2v) is 8.32. The van der Waals surface area contributed by atoms with Crippen molar-refractivity contribution in [3.05, 3.63) is 65.8 Å². The summed E-state index contributed by atoms with van der Waals surface area (Å²) in [7, 11) is 0. The van der Waals surface area contributed by atoms with E-state index in [-0.39, 0.29) is 41.3 Å². The second-order valence-electron chi connectivity index (χ2n) is 8.32. The summed E-state index contributed by atoms with van der Waals surface area (Å²) in [5, 5.41) is 6.81. The third kappa shape index (κ3) is 5.52. The van der Waals surface area contributed by atoms with E-state index in [1.807, 2.05) is 13.0 Å². The summed E-state index contributed by atoms with van der Waals surface area (Å²) in [6.07, 6.45) is -1.41. The average Bonchev–Trinajstić information content (AvgIpc) is 3.39. The maximum Gasteiger partial charge on any atom is 0.314 e. The van der Waals surface area contributed by atoms with Crippen molar-refractivity contribution in [1.29, 1.82) is 0 Å². The molecule has 3 aromatic rings. The number of amides is 2. The first-order valence-corrected chi connectivity index (χ1v) is 11.4. The molecular formula is C25H25F3N4O3. The Morgan fingerprint density at radius 3 is 2.43 bits per heavy atom. The molecule has 1 aliphatic heterocycles. The van der Waals surface area contributed by atoms with Crippen molar-refractivity contribution in [2.45, 2.75) is 39.2 Å². The molecule has 7 nitrogen and oxygen atoms in total. The summed E-state index contributed by atoms with van der Waals surface area (Å²) >= 11 is 0. The highest BCUT2D eigenvalue weighted by atomic mass is 19.3. The molecule has 1 saturated heterocycles. The van der Waals surface area contributed by atoms with Gasteiger partial charge in [-0.15, -0.1) is 10.2 Å².